The smallest absolute Gasteiger partial charge is 0.241 e. The van der Waals surface area contributed by atoms with Crippen LogP contribution in [0.15, 0.2) is 35.2 Å². The first-order chi connectivity index (χ1) is 8.41. The monoisotopic (exact) mass is 268 g/mol. The molecule has 0 amide bonds. The Kier molecular flexibility index (Phi) is 3.75. The van der Waals surface area contributed by atoms with Crippen LogP contribution in [0.4, 0.5) is 0 Å². The highest BCUT2D eigenvalue weighted by Gasteiger charge is 2.33. The van der Waals surface area contributed by atoms with Gasteiger partial charge in [0.05, 0.1) is 4.90 Å². The van der Waals surface area contributed by atoms with E-state index in [4.69, 9.17) is 0 Å². The molecule has 100 valence electrons. The van der Waals surface area contributed by atoms with Gasteiger partial charge < -0.3 is 4.90 Å². The third-order valence-corrected chi connectivity index (χ3v) is 5.18. The van der Waals surface area contributed by atoms with E-state index in [9.17, 15) is 8.42 Å². The lowest BCUT2D eigenvalue weighted by Gasteiger charge is -2.38. The number of nitrogens with one attached hydrogen (secondary N) is 1. The number of likely N-dealkylation sites (tertiary alicyclic amines) is 1. The third kappa shape index (κ3) is 3.10. The Hall–Kier alpha value is -0.910. The number of sulfonamides is 1. The Morgan fingerprint density at radius 2 is 1.72 bits per heavy atom. The predicted octanol–water partition coefficient (Wildman–Crippen LogP) is 1.45. The van der Waals surface area contributed by atoms with Crippen LogP contribution < -0.4 is 4.72 Å². The van der Waals surface area contributed by atoms with Crippen molar-refractivity contribution in [1.82, 2.24) is 9.62 Å². The van der Waals surface area contributed by atoms with E-state index in [-0.39, 0.29) is 5.54 Å². The zero-order chi connectivity index (χ0) is 13.2. The molecule has 0 unspecified atom stereocenters. The second-order valence-corrected chi connectivity index (χ2v) is 6.96. The summed E-state index contributed by atoms with van der Waals surface area (Å²) in [5.74, 6) is 0. The van der Waals surface area contributed by atoms with Crippen molar-refractivity contribution >= 4 is 10.0 Å². The van der Waals surface area contributed by atoms with Gasteiger partial charge in [-0.1, -0.05) is 18.2 Å². The molecular formula is C13H20N2O2S. The minimum absolute atomic E-state index is 0.332. The summed E-state index contributed by atoms with van der Waals surface area (Å²) in [5, 5.41) is 0. The summed E-state index contributed by atoms with van der Waals surface area (Å²) in [7, 11) is -1.34. The number of rotatable bonds is 3. The molecule has 1 saturated heterocycles. The highest BCUT2D eigenvalue weighted by Crippen LogP contribution is 2.23. The Balaban J connectivity index is 2.14. The van der Waals surface area contributed by atoms with Gasteiger partial charge in [-0.25, -0.2) is 13.1 Å². The Morgan fingerprint density at radius 3 is 2.28 bits per heavy atom. The average Bonchev–Trinajstić information content (AvgIpc) is 2.34. The first kappa shape index (κ1) is 13.5. The third-order valence-electron chi connectivity index (χ3n) is 3.52. The molecule has 1 aromatic carbocycles. The Bertz CT molecular complexity index is 491. The SMILES string of the molecule is CN1CCC(C)(NS(=O)(=O)c2ccccc2)CC1. The maximum Gasteiger partial charge on any atom is 0.241 e. The van der Waals surface area contributed by atoms with Crippen molar-refractivity contribution in [3.8, 4) is 0 Å². The predicted molar refractivity (Wildman–Crippen MR) is 71.9 cm³/mol. The number of nitrogens with zero attached hydrogens (tertiary/aromatic N) is 1. The fraction of sp³-hybridized carbons (Fsp3) is 0.538. The molecule has 18 heavy (non-hydrogen) atoms. The molecule has 0 bridgehead atoms. The van der Waals surface area contributed by atoms with Gasteiger partial charge in [-0.15, -0.1) is 0 Å². The summed E-state index contributed by atoms with van der Waals surface area (Å²) in [6.07, 6.45) is 1.69. The topological polar surface area (TPSA) is 49.4 Å². The van der Waals surface area contributed by atoms with Crippen molar-refractivity contribution in [3.05, 3.63) is 30.3 Å². The summed E-state index contributed by atoms with van der Waals surface area (Å²) in [6.45, 7) is 3.84. The summed E-state index contributed by atoms with van der Waals surface area (Å²) in [6, 6.07) is 8.55. The molecule has 2 rings (SSSR count). The Labute approximate surface area is 109 Å². The van der Waals surface area contributed by atoms with Gasteiger partial charge in [0.1, 0.15) is 0 Å². The van der Waals surface area contributed by atoms with Crippen LogP contribution in [0.1, 0.15) is 19.8 Å². The van der Waals surface area contributed by atoms with Crippen molar-refractivity contribution < 1.29 is 8.42 Å². The van der Waals surface area contributed by atoms with E-state index in [0.717, 1.165) is 25.9 Å². The maximum absolute atomic E-state index is 12.3. The van der Waals surface area contributed by atoms with E-state index >= 15 is 0 Å². The zero-order valence-corrected chi connectivity index (χ0v) is 11.7. The summed E-state index contributed by atoms with van der Waals surface area (Å²) >= 11 is 0. The highest BCUT2D eigenvalue weighted by atomic mass is 32.2. The van der Waals surface area contributed by atoms with Gasteiger partial charge in [-0.3, -0.25) is 0 Å². The van der Waals surface area contributed by atoms with Crippen LogP contribution >= 0.6 is 0 Å². The van der Waals surface area contributed by atoms with Crippen LogP contribution in [-0.2, 0) is 10.0 Å². The van der Waals surface area contributed by atoms with Gasteiger partial charge in [0.2, 0.25) is 10.0 Å². The zero-order valence-electron chi connectivity index (χ0n) is 10.9. The average molecular weight is 268 g/mol. The molecule has 0 aromatic heterocycles. The van der Waals surface area contributed by atoms with Gasteiger partial charge in [-0.05, 0) is 52.0 Å². The molecule has 0 spiro atoms. The van der Waals surface area contributed by atoms with E-state index in [0.29, 0.717) is 4.90 Å². The van der Waals surface area contributed by atoms with Gasteiger partial charge in [0.25, 0.3) is 0 Å². The molecule has 1 aromatic rings. The number of hydrogen-bond acceptors (Lipinski definition) is 3. The fourth-order valence-electron chi connectivity index (χ4n) is 2.20. The molecule has 1 heterocycles. The number of piperidine rings is 1. The molecule has 0 aliphatic carbocycles. The largest absolute Gasteiger partial charge is 0.306 e. The lowest BCUT2D eigenvalue weighted by atomic mass is 9.91. The molecule has 4 nitrogen and oxygen atoms in total. The highest BCUT2D eigenvalue weighted by molar-refractivity contribution is 7.89. The molecule has 1 aliphatic rings. The molecule has 0 radical (unpaired) electrons. The van der Waals surface area contributed by atoms with Gasteiger partial charge in [-0.2, -0.15) is 0 Å². The molecular weight excluding hydrogens is 248 g/mol. The molecule has 0 saturated carbocycles. The number of benzene rings is 1. The van der Waals surface area contributed by atoms with Gasteiger partial charge in [0.15, 0.2) is 0 Å². The Morgan fingerprint density at radius 1 is 1.17 bits per heavy atom. The van der Waals surface area contributed by atoms with E-state index in [1.165, 1.54) is 0 Å². The molecule has 1 N–H and O–H groups in total. The second kappa shape index (κ2) is 4.99. The van der Waals surface area contributed by atoms with Gasteiger partial charge >= 0.3 is 0 Å². The van der Waals surface area contributed by atoms with E-state index in [1.807, 2.05) is 13.0 Å². The molecule has 1 aliphatic heterocycles. The van der Waals surface area contributed by atoms with Crippen molar-refractivity contribution in [2.24, 2.45) is 0 Å². The van der Waals surface area contributed by atoms with Gasteiger partial charge in [0, 0.05) is 5.54 Å². The van der Waals surface area contributed by atoms with E-state index < -0.39 is 10.0 Å². The lowest BCUT2D eigenvalue weighted by molar-refractivity contribution is 0.190. The molecule has 0 atom stereocenters. The standard InChI is InChI=1S/C13H20N2O2S/c1-13(8-10-15(2)11-9-13)14-18(16,17)12-6-4-3-5-7-12/h3-7,14H,8-11H2,1-2H3. The van der Waals surface area contributed by atoms with Crippen molar-refractivity contribution in [2.45, 2.75) is 30.2 Å². The molecule has 1 fully saturated rings. The van der Waals surface area contributed by atoms with Crippen LogP contribution in [0, 0.1) is 0 Å². The lowest BCUT2D eigenvalue weighted by Crippen LogP contribution is -2.52. The van der Waals surface area contributed by atoms with Crippen LogP contribution in [0.25, 0.3) is 0 Å². The first-order valence-electron chi connectivity index (χ1n) is 6.19. The minimum Gasteiger partial charge on any atom is -0.306 e. The minimum atomic E-state index is -3.40. The molecule has 5 heteroatoms. The van der Waals surface area contributed by atoms with Crippen molar-refractivity contribution in [1.29, 1.82) is 0 Å². The van der Waals surface area contributed by atoms with Crippen LogP contribution in [0.2, 0.25) is 0 Å². The van der Waals surface area contributed by atoms with Crippen LogP contribution in [-0.4, -0.2) is 39.0 Å². The summed E-state index contributed by atoms with van der Waals surface area (Å²) in [4.78, 5) is 2.56. The maximum atomic E-state index is 12.3. The van der Waals surface area contributed by atoms with Crippen LogP contribution in [0.3, 0.4) is 0 Å². The van der Waals surface area contributed by atoms with E-state index in [2.05, 4.69) is 16.7 Å². The number of hydrogen-bond donors (Lipinski definition) is 1. The fourth-order valence-corrected chi connectivity index (χ4v) is 3.68. The van der Waals surface area contributed by atoms with Crippen molar-refractivity contribution in [2.75, 3.05) is 20.1 Å². The van der Waals surface area contributed by atoms with Crippen molar-refractivity contribution in [3.63, 3.8) is 0 Å². The summed E-state index contributed by atoms with van der Waals surface area (Å²) < 4.78 is 27.4. The first-order valence-corrected chi connectivity index (χ1v) is 7.67. The summed E-state index contributed by atoms with van der Waals surface area (Å²) in [5.41, 5.74) is -0.332. The van der Waals surface area contributed by atoms with E-state index in [1.54, 1.807) is 24.3 Å². The normalized spacial score (nSPS) is 20.8. The quantitative estimate of drug-likeness (QED) is 0.902. The van der Waals surface area contributed by atoms with Crippen LogP contribution in [0.5, 0.6) is 0 Å². The second-order valence-electron chi connectivity index (χ2n) is 5.28.